The van der Waals surface area contributed by atoms with Gasteiger partial charge in [-0.25, -0.2) is 0 Å². The van der Waals surface area contributed by atoms with Gasteiger partial charge in [0.2, 0.25) is 0 Å². The molecule has 0 radical (unpaired) electrons. The Morgan fingerprint density at radius 3 is 2.64 bits per heavy atom. The molecule has 1 heterocycles. The van der Waals surface area contributed by atoms with Crippen LogP contribution in [0.2, 0.25) is 5.35 Å². The molecule has 1 aromatic rings. The smallest absolute Gasteiger partial charge is 0.320 e. The quantitative estimate of drug-likeness (QED) is 0.653. The van der Waals surface area contributed by atoms with E-state index in [1.165, 1.54) is 25.7 Å². The summed E-state index contributed by atoms with van der Waals surface area (Å²) in [6.07, 6.45) is 4.90. The second-order valence-corrected chi connectivity index (χ2v) is 3.21. The van der Waals surface area contributed by atoms with Crippen LogP contribution in [0.3, 0.4) is 0 Å². The van der Waals surface area contributed by atoms with Gasteiger partial charge in [0.05, 0.1) is 0 Å². The van der Waals surface area contributed by atoms with Crippen LogP contribution in [0.1, 0.15) is 37.4 Å². The predicted octanol–water partition coefficient (Wildman–Crippen LogP) is 2.38. The Morgan fingerprint density at radius 1 is 1.36 bits per heavy atom. The lowest BCUT2D eigenvalue weighted by atomic mass is 10.1. The van der Waals surface area contributed by atoms with E-state index >= 15 is 0 Å². The van der Waals surface area contributed by atoms with Crippen molar-refractivity contribution < 1.29 is 4.52 Å². The second kappa shape index (κ2) is 2.81. The fraction of sp³-hybridized carbons (Fsp3) is 0.714. The highest BCUT2D eigenvalue weighted by Crippen LogP contribution is 2.32. The Labute approximate surface area is 69.7 Å². The lowest BCUT2D eigenvalue weighted by molar-refractivity contribution is 0.406. The number of hydrogen-bond acceptors (Lipinski definition) is 3. The van der Waals surface area contributed by atoms with Gasteiger partial charge in [0.15, 0.2) is 5.82 Å². The van der Waals surface area contributed by atoms with Crippen LogP contribution in [0, 0.1) is 0 Å². The summed E-state index contributed by atoms with van der Waals surface area (Å²) in [4.78, 5) is 3.98. The Bertz CT molecular complexity index is 242. The topological polar surface area (TPSA) is 38.9 Å². The first-order valence-electron chi connectivity index (χ1n) is 3.85. The van der Waals surface area contributed by atoms with Crippen LogP contribution in [-0.4, -0.2) is 10.1 Å². The lowest BCUT2D eigenvalue weighted by Crippen LogP contribution is -1.93. The third kappa shape index (κ3) is 1.38. The van der Waals surface area contributed by atoms with Gasteiger partial charge in [-0.15, -0.1) is 0 Å². The molecule has 1 aromatic heterocycles. The Balaban J connectivity index is 2.15. The van der Waals surface area contributed by atoms with Gasteiger partial charge in [-0.05, 0) is 24.4 Å². The summed E-state index contributed by atoms with van der Waals surface area (Å²) in [5, 5.41) is 3.94. The molecule has 0 aromatic carbocycles. The highest BCUT2D eigenvalue weighted by molar-refractivity contribution is 6.27. The summed E-state index contributed by atoms with van der Waals surface area (Å²) in [5.41, 5.74) is 0. The molecule has 3 nitrogen and oxygen atoms in total. The van der Waals surface area contributed by atoms with E-state index in [2.05, 4.69) is 14.7 Å². The monoisotopic (exact) mass is 172 g/mol. The van der Waals surface area contributed by atoms with Gasteiger partial charge in [-0.3, -0.25) is 0 Å². The SMILES string of the molecule is Clc1nc(C2CCCC2)no1. The molecular formula is C7H9ClN2O. The van der Waals surface area contributed by atoms with E-state index in [9.17, 15) is 0 Å². The molecule has 1 aliphatic carbocycles. The number of hydrogen-bond donors (Lipinski definition) is 0. The molecule has 60 valence electrons. The molecule has 0 spiro atoms. The Kier molecular flexibility index (Phi) is 1.82. The molecule has 0 saturated heterocycles. The van der Waals surface area contributed by atoms with E-state index in [0.717, 1.165) is 5.82 Å². The van der Waals surface area contributed by atoms with Crippen LogP contribution < -0.4 is 0 Å². The first-order valence-corrected chi connectivity index (χ1v) is 4.23. The molecule has 1 saturated carbocycles. The third-order valence-corrected chi connectivity index (χ3v) is 2.29. The van der Waals surface area contributed by atoms with Crippen molar-refractivity contribution in [1.29, 1.82) is 0 Å². The van der Waals surface area contributed by atoms with Crippen LogP contribution in [0.15, 0.2) is 4.52 Å². The van der Waals surface area contributed by atoms with Gasteiger partial charge < -0.3 is 4.52 Å². The largest absolute Gasteiger partial charge is 0.321 e. The third-order valence-electron chi connectivity index (χ3n) is 2.14. The minimum atomic E-state index is 0.159. The average molecular weight is 173 g/mol. The number of aromatic nitrogens is 2. The summed E-state index contributed by atoms with van der Waals surface area (Å²) in [5.74, 6) is 1.28. The fourth-order valence-corrected chi connectivity index (χ4v) is 1.69. The summed E-state index contributed by atoms with van der Waals surface area (Å²) >= 11 is 5.50. The van der Waals surface area contributed by atoms with Gasteiger partial charge in [-0.1, -0.05) is 18.0 Å². The molecular weight excluding hydrogens is 164 g/mol. The highest BCUT2D eigenvalue weighted by Gasteiger charge is 2.21. The predicted molar refractivity (Wildman–Crippen MR) is 40.5 cm³/mol. The van der Waals surface area contributed by atoms with Crippen LogP contribution in [0.4, 0.5) is 0 Å². The van der Waals surface area contributed by atoms with Crippen molar-refractivity contribution in [2.24, 2.45) is 0 Å². The molecule has 0 aliphatic heterocycles. The van der Waals surface area contributed by atoms with Crippen molar-refractivity contribution in [3.8, 4) is 0 Å². The fourth-order valence-electron chi connectivity index (χ4n) is 1.57. The molecule has 0 atom stereocenters. The normalized spacial score (nSPS) is 19.4. The zero-order chi connectivity index (χ0) is 7.68. The molecule has 0 N–H and O–H groups in total. The molecule has 0 bridgehead atoms. The van der Waals surface area contributed by atoms with Crippen molar-refractivity contribution in [3.05, 3.63) is 11.2 Å². The molecule has 11 heavy (non-hydrogen) atoms. The standard InChI is InChI=1S/C7H9ClN2O/c8-7-9-6(10-11-7)5-3-1-2-4-5/h5H,1-4H2. The molecule has 2 rings (SSSR count). The van der Waals surface area contributed by atoms with E-state index in [4.69, 9.17) is 11.6 Å². The minimum absolute atomic E-state index is 0.159. The van der Waals surface area contributed by atoms with Gasteiger partial charge in [0, 0.05) is 5.92 Å². The maximum Gasteiger partial charge on any atom is 0.320 e. The molecule has 0 amide bonds. The first kappa shape index (κ1) is 7.10. The van der Waals surface area contributed by atoms with Crippen LogP contribution in [-0.2, 0) is 0 Å². The van der Waals surface area contributed by atoms with Gasteiger partial charge in [0.25, 0.3) is 0 Å². The first-order chi connectivity index (χ1) is 5.36. The number of rotatable bonds is 1. The summed E-state index contributed by atoms with van der Waals surface area (Å²) in [6.45, 7) is 0. The Hall–Kier alpha value is -0.570. The van der Waals surface area contributed by atoms with Crippen molar-refractivity contribution >= 4 is 11.6 Å². The minimum Gasteiger partial charge on any atom is -0.321 e. The second-order valence-electron chi connectivity index (χ2n) is 2.89. The van der Waals surface area contributed by atoms with Crippen molar-refractivity contribution in [2.75, 3.05) is 0 Å². The molecule has 0 unspecified atom stereocenters. The van der Waals surface area contributed by atoms with Crippen molar-refractivity contribution in [3.63, 3.8) is 0 Å². The van der Waals surface area contributed by atoms with Gasteiger partial charge in [0.1, 0.15) is 0 Å². The summed E-state index contributed by atoms with van der Waals surface area (Å²) < 4.78 is 4.68. The lowest BCUT2D eigenvalue weighted by Gasteiger charge is -1.98. The zero-order valence-electron chi connectivity index (χ0n) is 6.09. The van der Waals surface area contributed by atoms with E-state index in [-0.39, 0.29) is 5.35 Å². The van der Waals surface area contributed by atoms with Crippen LogP contribution >= 0.6 is 11.6 Å². The van der Waals surface area contributed by atoms with E-state index in [1.54, 1.807) is 0 Å². The zero-order valence-corrected chi connectivity index (χ0v) is 6.84. The van der Waals surface area contributed by atoms with Gasteiger partial charge >= 0.3 is 5.35 Å². The molecule has 1 fully saturated rings. The van der Waals surface area contributed by atoms with E-state index < -0.39 is 0 Å². The maximum atomic E-state index is 5.50. The van der Waals surface area contributed by atoms with E-state index in [0.29, 0.717) is 5.92 Å². The summed E-state index contributed by atoms with van der Waals surface area (Å²) in [7, 11) is 0. The maximum absolute atomic E-state index is 5.50. The average Bonchev–Trinajstić information content (AvgIpc) is 2.55. The highest BCUT2D eigenvalue weighted by atomic mass is 35.5. The van der Waals surface area contributed by atoms with Gasteiger partial charge in [-0.2, -0.15) is 4.98 Å². The van der Waals surface area contributed by atoms with Crippen LogP contribution in [0.25, 0.3) is 0 Å². The molecule has 4 heteroatoms. The van der Waals surface area contributed by atoms with Crippen LogP contribution in [0.5, 0.6) is 0 Å². The molecule has 1 aliphatic rings. The van der Waals surface area contributed by atoms with Crippen molar-refractivity contribution in [1.82, 2.24) is 10.1 Å². The van der Waals surface area contributed by atoms with E-state index in [1.807, 2.05) is 0 Å². The number of halogens is 1. The Morgan fingerprint density at radius 2 is 2.09 bits per heavy atom. The summed E-state index contributed by atoms with van der Waals surface area (Å²) in [6, 6.07) is 0. The van der Waals surface area contributed by atoms with Crippen molar-refractivity contribution in [2.45, 2.75) is 31.6 Å². The number of nitrogens with zero attached hydrogens (tertiary/aromatic N) is 2.